The van der Waals surface area contributed by atoms with Gasteiger partial charge in [0.15, 0.2) is 0 Å². The Balaban J connectivity index is 2.38. The van der Waals surface area contributed by atoms with Crippen molar-refractivity contribution in [3.63, 3.8) is 0 Å². The molecule has 0 aliphatic carbocycles. The molecule has 1 heterocycles. The average Bonchev–Trinajstić information content (AvgIpc) is 2.73. The van der Waals surface area contributed by atoms with Gasteiger partial charge in [0.05, 0.1) is 10.2 Å². The third-order valence-electron chi connectivity index (χ3n) is 2.49. The second-order valence-electron chi connectivity index (χ2n) is 4.05. The zero-order chi connectivity index (χ0) is 14.2. The predicted molar refractivity (Wildman–Crippen MR) is 78.7 cm³/mol. The number of thiophene rings is 1. The lowest BCUT2D eigenvalue weighted by Gasteiger charge is -2.10. The number of nitrogens with one attached hydrogen (secondary N) is 1. The Morgan fingerprint density at radius 1 is 1.26 bits per heavy atom. The SMILES string of the molecule is Cc1ccc(S(=O)(=O)Nc2cc(Br)c(F)cc2C)s1. The summed E-state index contributed by atoms with van der Waals surface area (Å²) >= 11 is 4.23. The van der Waals surface area contributed by atoms with Crippen LogP contribution < -0.4 is 4.72 Å². The highest BCUT2D eigenvalue weighted by Gasteiger charge is 2.18. The summed E-state index contributed by atoms with van der Waals surface area (Å²) in [7, 11) is -3.62. The van der Waals surface area contributed by atoms with Gasteiger partial charge in [-0.3, -0.25) is 4.72 Å². The fourth-order valence-corrected chi connectivity index (χ4v) is 4.26. The summed E-state index contributed by atoms with van der Waals surface area (Å²) in [5.74, 6) is -0.424. The van der Waals surface area contributed by atoms with E-state index in [9.17, 15) is 12.8 Å². The molecule has 1 N–H and O–H groups in total. The summed E-state index contributed by atoms with van der Waals surface area (Å²) in [5.41, 5.74) is 0.886. The smallest absolute Gasteiger partial charge is 0.271 e. The first-order valence-corrected chi connectivity index (χ1v) is 8.44. The lowest BCUT2D eigenvalue weighted by molar-refractivity contribution is 0.602. The molecular formula is C12H11BrFNO2S2. The van der Waals surface area contributed by atoms with Crippen molar-refractivity contribution in [3.8, 4) is 0 Å². The van der Waals surface area contributed by atoms with Crippen LogP contribution in [0, 0.1) is 19.7 Å². The summed E-state index contributed by atoms with van der Waals surface area (Å²) in [4.78, 5) is 0.914. The molecule has 2 aromatic rings. The summed E-state index contributed by atoms with van der Waals surface area (Å²) in [6.07, 6.45) is 0. The molecule has 0 radical (unpaired) electrons. The zero-order valence-electron chi connectivity index (χ0n) is 10.2. The Hall–Kier alpha value is -0.920. The highest BCUT2D eigenvalue weighted by atomic mass is 79.9. The molecule has 3 nitrogen and oxygen atoms in total. The van der Waals surface area contributed by atoms with Gasteiger partial charge in [0.1, 0.15) is 10.0 Å². The first-order chi connectivity index (χ1) is 8.79. The molecule has 102 valence electrons. The Bertz CT molecular complexity index is 725. The van der Waals surface area contributed by atoms with Gasteiger partial charge in [-0.05, 0) is 59.6 Å². The van der Waals surface area contributed by atoms with Crippen molar-refractivity contribution >= 4 is 43.0 Å². The molecule has 1 aromatic carbocycles. The van der Waals surface area contributed by atoms with E-state index in [1.54, 1.807) is 19.1 Å². The van der Waals surface area contributed by atoms with E-state index >= 15 is 0 Å². The lowest BCUT2D eigenvalue weighted by atomic mass is 10.2. The largest absolute Gasteiger partial charge is 0.279 e. The van der Waals surface area contributed by atoms with Crippen molar-refractivity contribution in [3.05, 3.63) is 45.0 Å². The molecule has 2 rings (SSSR count). The van der Waals surface area contributed by atoms with E-state index in [2.05, 4.69) is 20.7 Å². The lowest BCUT2D eigenvalue weighted by Crippen LogP contribution is -2.12. The molecule has 0 spiro atoms. The molecule has 0 saturated heterocycles. The molecule has 0 atom stereocenters. The summed E-state index contributed by atoms with van der Waals surface area (Å²) < 4.78 is 40.5. The number of halogens is 2. The van der Waals surface area contributed by atoms with Crippen molar-refractivity contribution in [2.45, 2.75) is 18.1 Å². The second-order valence-corrected chi connectivity index (χ2v) is 8.10. The minimum Gasteiger partial charge on any atom is -0.279 e. The average molecular weight is 364 g/mol. The van der Waals surface area contributed by atoms with Crippen LogP contribution in [-0.4, -0.2) is 8.42 Å². The van der Waals surface area contributed by atoms with Crippen LogP contribution in [0.15, 0.2) is 32.9 Å². The first-order valence-electron chi connectivity index (χ1n) is 5.34. The van der Waals surface area contributed by atoms with E-state index in [4.69, 9.17) is 0 Å². The van der Waals surface area contributed by atoms with E-state index in [0.717, 1.165) is 4.88 Å². The number of benzene rings is 1. The molecule has 19 heavy (non-hydrogen) atoms. The van der Waals surface area contributed by atoms with Gasteiger partial charge in [-0.25, -0.2) is 12.8 Å². The molecule has 0 unspecified atom stereocenters. The maximum Gasteiger partial charge on any atom is 0.271 e. The highest BCUT2D eigenvalue weighted by molar-refractivity contribution is 9.10. The Labute approximate surface area is 123 Å². The van der Waals surface area contributed by atoms with Crippen molar-refractivity contribution in [1.82, 2.24) is 0 Å². The highest BCUT2D eigenvalue weighted by Crippen LogP contribution is 2.28. The number of anilines is 1. The van der Waals surface area contributed by atoms with E-state index in [1.807, 2.05) is 6.92 Å². The third-order valence-corrected chi connectivity index (χ3v) is 5.96. The van der Waals surface area contributed by atoms with Gasteiger partial charge in [0.2, 0.25) is 0 Å². The van der Waals surface area contributed by atoms with Crippen LogP contribution in [0.4, 0.5) is 10.1 Å². The predicted octanol–water partition coefficient (Wildman–Crippen LogP) is 4.07. The Kier molecular flexibility index (Phi) is 3.98. The van der Waals surface area contributed by atoms with Crippen LogP contribution in [-0.2, 0) is 10.0 Å². The number of hydrogen-bond acceptors (Lipinski definition) is 3. The molecule has 1 aromatic heterocycles. The van der Waals surface area contributed by atoms with Gasteiger partial charge in [-0.1, -0.05) is 0 Å². The Morgan fingerprint density at radius 2 is 1.95 bits per heavy atom. The fourth-order valence-electron chi connectivity index (χ4n) is 1.51. The summed E-state index contributed by atoms with van der Waals surface area (Å²) in [5, 5.41) is 0. The van der Waals surface area contributed by atoms with Crippen LogP contribution in [0.2, 0.25) is 0 Å². The van der Waals surface area contributed by atoms with Gasteiger partial charge in [-0.2, -0.15) is 0 Å². The first kappa shape index (κ1) is 14.5. The number of hydrogen-bond donors (Lipinski definition) is 1. The number of aryl methyl sites for hydroxylation is 2. The van der Waals surface area contributed by atoms with Gasteiger partial charge in [-0.15, -0.1) is 11.3 Å². The molecule has 0 saturated carbocycles. The van der Waals surface area contributed by atoms with Crippen molar-refractivity contribution in [1.29, 1.82) is 0 Å². The topological polar surface area (TPSA) is 46.2 Å². The van der Waals surface area contributed by atoms with Crippen LogP contribution in [0.25, 0.3) is 0 Å². The van der Waals surface area contributed by atoms with Crippen molar-refractivity contribution in [2.24, 2.45) is 0 Å². The van der Waals surface area contributed by atoms with Gasteiger partial charge in [0, 0.05) is 4.88 Å². The maximum absolute atomic E-state index is 13.3. The molecular weight excluding hydrogens is 353 g/mol. The minimum atomic E-state index is -3.62. The zero-order valence-corrected chi connectivity index (χ0v) is 13.4. The van der Waals surface area contributed by atoms with Crippen molar-refractivity contribution < 1.29 is 12.8 Å². The normalized spacial score (nSPS) is 11.6. The third kappa shape index (κ3) is 3.16. The molecule has 0 fully saturated rings. The Morgan fingerprint density at radius 3 is 2.53 bits per heavy atom. The van der Waals surface area contributed by atoms with E-state index in [-0.39, 0.29) is 8.68 Å². The van der Waals surface area contributed by atoms with Gasteiger partial charge < -0.3 is 0 Å². The number of rotatable bonds is 3. The van der Waals surface area contributed by atoms with Crippen LogP contribution in [0.3, 0.4) is 0 Å². The van der Waals surface area contributed by atoms with Crippen LogP contribution >= 0.6 is 27.3 Å². The van der Waals surface area contributed by atoms with E-state index < -0.39 is 15.8 Å². The summed E-state index contributed by atoms with van der Waals surface area (Å²) in [6, 6.07) is 5.99. The van der Waals surface area contributed by atoms with Gasteiger partial charge >= 0.3 is 0 Å². The molecule has 0 amide bonds. The standard InChI is InChI=1S/C12H11BrFNO2S2/c1-7-5-10(14)9(13)6-11(7)15-19(16,17)12-4-3-8(2)18-12/h3-6,15H,1-2H3. The van der Waals surface area contributed by atoms with Crippen LogP contribution in [0.5, 0.6) is 0 Å². The van der Waals surface area contributed by atoms with E-state index in [0.29, 0.717) is 11.3 Å². The molecule has 7 heteroatoms. The monoisotopic (exact) mass is 363 g/mol. The molecule has 0 aliphatic rings. The molecule has 0 bridgehead atoms. The maximum atomic E-state index is 13.3. The minimum absolute atomic E-state index is 0.221. The molecule has 0 aliphatic heterocycles. The second kappa shape index (κ2) is 5.22. The van der Waals surface area contributed by atoms with Gasteiger partial charge in [0.25, 0.3) is 10.0 Å². The van der Waals surface area contributed by atoms with Crippen molar-refractivity contribution in [2.75, 3.05) is 4.72 Å². The number of sulfonamides is 1. The fraction of sp³-hybridized carbons (Fsp3) is 0.167. The quantitative estimate of drug-likeness (QED) is 0.893. The summed E-state index contributed by atoms with van der Waals surface area (Å²) in [6.45, 7) is 3.48. The van der Waals surface area contributed by atoms with E-state index in [1.165, 1.54) is 23.5 Å². The van der Waals surface area contributed by atoms with Crippen LogP contribution in [0.1, 0.15) is 10.4 Å².